The summed E-state index contributed by atoms with van der Waals surface area (Å²) in [6.07, 6.45) is 0. The lowest BCUT2D eigenvalue weighted by molar-refractivity contribution is 1.07. The first-order valence-electron chi connectivity index (χ1n) is 1.81. The number of nitriles is 1. The summed E-state index contributed by atoms with van der Waals surface area (Å²) < 4.78 is 0. The van der Waals surface area contributed by atoms with E-state index in [0.717, 1.165) is 0 Å². The van der Waals surface area contributed by atoms with E-state index in [-0.39, 0.29) is 11.1 Å². The van der Waals surface area contributed by atoms with Gasteiger partial charge in [-0.1, -0.05) is 0 Å². The van der Waals surface area contributed by atoms with Crippen LogP contribution in [0.1, 0.15) is 5.82 Å². The van der Waals surface area contributed by atoms with Gasteiger partial charge in [-0.2, -0.15) is 10.2 Å². The lowest BCUT2D eigenvalue weighted by Crippen LogP contribution is -1.72. The Hall–Kier alpha value is -1.08. The van der Waals surface area contributed by atoms with Gasteiger partial charge in [-0.15, -0.1) is 5.10 Å². The van der Waals surface area contributed by atoms with Crippen LogP contribution in [0, 0.1) is 11.3 Å². The molecule has 40 valence electrons. The fraction of sp³-hybridized carbons (Fsp3) is 0. The second-order valence-electron chi connectivity index (χ2n) is 1.06. The van der Waals surface area contributed by atoms with Crippen molar-refractivity contribution in [1.29, 1.82) is 5.26 Å². The lowest BCUT2D eigenvalue weighted by Gasteiger charge is -1.63. The van der Waals surface area contributed by atoms with Crippen molar-refractivity contribution in [3.63, 3.8) is 0 Å². The maximum atomic E-state index is 8.10. The van der Waals surface area contributed by atoms with Crippen LogP contribution < -0.4 is 0 Å². The molecule has 0 saturated heterocycles. The molecule has 0 bridgehead atoms. The standard InChI is InChI=1S/C3HClN4/c4-3-6-2(1-5)7-8-3/h(H,6,7,8). The molecule has 0 spiro atoms. The van der Waals surface area contributed by atoms with E-state index in [4.69, 9.17) is 16.9 Å². The average molecular weight is 129 g/mol. The molecule has 1 aromatic heterocycles. The van der Waals surface area contributed by atoms with Crippen LogP contribution in [0.15, 0.2) is 0 Å². The van der Waals surface area contributed by atoms with Gasteiger partial charge in [0.1, 0.15) is 6.07 Å². The van der Waals surface area contributed by atoms with Crippen molar-refractivity contribution < 1.29 is 0 Å². The Kier molecular flexibility index (Phi) is 1.14. The van der Waals surface area contributed by atoms with Crippen LogP contribution in [0.5, 0.6) is 0 Å². The molecule has 1 rings (SSSR count). The van der Waals surface area contributed by atoms with Gasteiger partial charge in [0.05, 0.1) is 0 Å². The molecular weight excluding hydrogens is 128 g/mol. The van der Waals surface area contributed by atoms with Crippen LogP contribution in [0.4, 0.5) is 0 Å². The van der Waals surface area contributed by atoms with Gasteiger partial charge >= 0.3 is 0 Å². The first-order chi connectivity index (χ1) is 3.83. The normalized spacial score (nSPS) is 8.50. The van der Waals surface area contributed by atoms with Crippen molar-refractivity contribution in [2.24, 2.45) is 0 Å². The molecule has 0 saturated carbocycles. The van der Waals surface area contributed by atoms with Gasteiger partial charge in [-0.3, -0.25) is 0 Å². The quantitative estimate of drug-likeness (QED) is 0.548. The summed E-state index contributed by atoms with van der Waals surface area (Å²) in [6.45, 7) is 0. The minimum atomic E-state index is 0.0648. The van der Waals surface area contributed by atoms with E-state index >= 15 is 0 Å². The zero-order valence-corrected chi connectivity index (χ0v) is 4.48. The summed E-state index contributed by atoms with van der Waals surface area (Å²) in [5.41, 5.74) is 0. The van der Waals surface area contributed by atoms with Gasteiger partial charge in [0, 0.05) is 0 Å². The zero-order valence-electron chi connectivity index (χ0n) is 3.72. The Morgan fingerprint density at radius 3 is 2.75 bits per heavy atom. The number of H-pyrrole nitrogens is 1. The Labute approximate surface area is 50.1 Å². The molecule has 0 aliphatic heterocycles. The molecule has 0 aliphatic rings. The van der Waals surface area contributed by atoms with Crippen LogP contribution in [-0.2, 0) is 0 Å². The highest BCUT2D eigenvalue weighted by atomic mass is 35.5. The largest absolute Gasteiger partial charge is 0.253 e. The first-order valence-corrected chi connectivity index (χ1v) is 2.18. The van der Waals surface area contributed by atoms with Crippen LogP contribution in [0.3, 0.4) is 0 Å². The number of nitrogens with zero attached hydrogens (tertiary/aromatic N) is 3. The summed E-state index contributed by atoms with van der Waals surface area (Å²) in [5.74, 6) is 0.0648. The summed E-state index contributed by atoms with van der Waals surface area (Å²) in [6, 6.07) is 1.71. The maximum Gasteiger partial charge on any atom is 0.253 e. The smallest absolute Gasteiger partial charge is 0.249 e. The summed E-state index contributed by atoms with van der Waals surface area (Å²) in [7, 11) is 0. The van der Waals surface area contributed by atoms with Crippen molar-refractivity contribution in [2.45, 2.75) is 0 Å². The highest BCUT2D eigenvalue weighted by Gasteiger charge is 1.94. The predicted molar refractivity (Wildman–Crippen MR) is 26.1 cm³/mol. The molecule has 1 N–H and O–H groups in total. The fourth-order valence-corrected chi connectivity index (χ4v) is 0.414. The second-order valence-corrected chi connectivity index (χ2v) is 1.42. The number of hydrogen-bond acceptors (Lipinski definition) is 3. The molecule has 0 amide bonds. The molecule has 0 aliphatic carbocycles. The van der Waals surface area contributed by atoms with E-state index in [1.807, 2.05) is 0 Å². The van der Waals surface area contributed by atoms with Crippen LogP contribution >= 0.6 is 11.6 Å². The topological polar surface area (TPSA) is 65.4 Å². The second kappa shape index (κ2) is 1.80. The molecule has 1 aromatic rings. The Morgan fingerprint density at radius 1 is 1.75 bits per heavy atom. The summed E-state index contributed by atoms with van der Waals surface area (Å²) in [4.78, 5) is 3.47. The van der Waals surface area contributed by atoms with E-state index in [2.05, 4.69) is 15.2 Å². The van der Waals surface area contributed by atoms with Crippen LogP contribution in [0.2, 0.25) is 5.28 Å². The van der Waals surface area contributed by atoms with Crippen molar-refractivity contribution >= 4 is 11.6 Å². The van der Waals surface area contributed by atoms with Crippen LogP contribution in [-0.4, -0.2) is 15.2 Å². The maximum absolute atomic E-state index is 8.10. The van der Waals surface area contributed by atoms with Crippen molar-refractivity contribution in [3.8, 4) is 6.07 Å². The number of aromatic nitrogens is 3. The number of rotatable bonds is 0. The number of hydrogen-bond donors (Lipinski definition) is 1. The van der Waals surface area contributed by atoms with Gasteiger partial charge in [0.25, 0.3) is 5.82 Å². The average Bonchev–Trinajstić information content (AvgIpc) is 2.14. The summed E-state index contributed by atoms with van der Waals surface area (Å²) in [5, 5.41) is 13.9. The third-order valence-electron chi connectivity index (χ3n) is 0.558. The van der Waals surface area contributed by atoms with Gasteiger partial charge in [-0.05, 0) is 11.6 Å². The highest BCUT2D eigenvalue weighted by Crippen LogP contribution is 1.95. The van der Waals surface area contributed by atoms with Crippen molar-refractivity contribution in [1.82, 2.24) is 15.2 Å². The predicted octanol–water partition coefficient (Wildman–Crippen LogP) is 0.330. The molecule has 0 unspecified atom stereocenters. The molecule has 0 aromatic carbocycles. The molecule has 0 atom stereocenters. The SMILES string of the molecule is N#Cc1n[nH]c(Cl)n1. The van der Waals surface area contributed by atoms with E-state index in [1.54, 1.807) is 6.07 Å². The van der Waals surface area contributed by atoms with Gasteiger partial charge in [0.15, 0.2) is 0 Å². The van der Waals surface area contributed by atoms with E-state index in [1.165, 1.54) is 0 Å². The van der Waals surface area contributed by atoms with E-state index in [9.17, 15) is 0 Å². The van der Waals surface area contributed by atoms with E-state index in [0.29, 0.717) is 0 Å². The van der Waals surface area contributed by atoms with Crippen molar-refractivity contribution in [3.05, 3.63) is 11.1 Å². The third-order valence-corrected chi connectivity index (χ3v) is 0.727. The molecule has 0 radical (unpaired) electrons. The van der Waals surface area contributed by atoms with E-state index < -0.39 is 0 Å². The molecule has 4 nitrogen and oxygen atoms in total. The molecule has 0 fully saturated rings. The zero-order chi connectivity index (χ0) is 5.98. The Morgan fingerprint density at radius 2 is 2.50 bits per heavy atom. The number of nitrogens with one attached hydrogen (secondary N) is 1. The molecule has 8 heavy (non-hydrogen) atoms. The number of aromatic amines is 1. The Bertz CT molecular complexity index is 221. The van der Waals surface area contributed by atoms with Crippen LogP contribution in [0.25, 0.3) is 0 Å². The first kappa shape index (κ1) is 5.06. The lowest BCUT2D eigenvalue weighted by atomic mass is 10.7. The summed E-state index contributed by atoms with van der Waals surface area (Å²) >= 11 is 5.26. The Balaban J connectivity index is 3.05. The fourth-order valence-electron chi connectivity index (χ4n) is 0.292. The third kappa shape index (κ3) is 0.768. The van der Waals surface area contributed by atoms with Gasteiger partial charge in [0.2, 0.25) is 5.28 Å². The minimum Gasteiger partial charge on any atom is -0.249 e. The minimum absolute atomic E-state index is 0.0648. The number of halogens is 1. The van der Waals surface area contributed by atoms with Gasteiger partial charge < -0.3 is 0 Å². The molecule has 1 heterocycles. The molecule has 5 heteroatoms. The molecular formula is C3HClN4. The monoisotopic (exact) mass is 128 g/mol. The van der Waals surface area contributed by atoms with Gasteiger partial charge in [-0.25, -0.2) is 5.10 Å². The highest BCUT2D eigenvalue weighted by molar-refractivity contribution is 6.28. The van der Waals surface area contributed by atoms with Crippen molar-refractivity contribution in [2.75, 3.05) is 0 Å².